The molecule has 2 heterocycles. The summed E-state index contributed by atoms with van der Waals surface area (Å²) in [5.41, 5.74) is 6.22. The number of benzene rings is 2. The Bertz CT molecular complexity index is 1080. The fourth-order valence-electron chi connectivity index (χ4n) is 2.94. The van der Waals surface area contributed by atoms with E-state index in [0.717, 1.165) is 27.9 Å². The molecule has 2 aromatic heterocycles. The van der Waals surface area contributed by atoms with Crippen LogP contribution in [0.1, 0.15) is 5.69 Å². The van der Waals surface area contributed by atoms with Gasteiger partial charge in [-0.2, -0.15) is 5.26 Å². The molecule has 3 nitrogen and oxygen atoms in total. The van der Waals surface area contributed by atoms with Gasteiger partial charge in [-0.25, -0.2) is 4.98 Å². The van der Waals surface area contributed by atoms with Gasteiger partial charge in [-0.15, -0.1) is 0 Å². The van der Waals surface area contributed by atoms with Crippen LogP contribution in [0.2, 0.25) is 0 Å². The molecule has 4 rings (SSSR count). The molecular formula is C23H15N3. The summed E-state index contributed by atoms with van der Waals surface area (Å²) in [5, 5.41) is 9.10. The zero-order valence-electron chi connectivity index (χ0n) is 14.0. The molecule has 0 radical (unpaired) electrons. The molecule has 0 unspecified atom stereocenters. The number of rotatable bonds is 3. The Balaban J connectivity index is 1.91. The van der Waals surface area contributed by atoms with Gasteiger partial charge < -0.3 is 0 Å². The molecule has 3 heteroatoms. The van der Waals surface area contributed by atoms with Gasteiger partial charge in [-0.1, -0.05) is 66.7 Å². The third-order valence-corrected chi connectivity index (χ3v) is 4.20. The van der Waals surface area contributed by atoms with Crippen molar-refractivity contribution >= 4 is 0 Å². The zero-order valence-corrected chi connectivity index (χ0v) is 14.0. The lowest BCUT2D eigenvalue weighted by Gasteiger charge is -2.12. The Morgan fingerprint density at radius 3 is 1.96 bits per heavy atom. The molecule has 0 bridgehead atoms. The first-order chi connectivity index (χ1) is 12.8. The van der Waals surface area contributed by atoms with Gasteiger partial charge in [-0.3, -0.25) is 4.98 Å². The van der Waals surface area contributed by atoms with Crippen LogP contribution in [0, 0.1) is 11.3 Å². The van der Waals surface area contributed by atoms with Crippen molar-refractivity contribution in [2.45, 2.75) is 0 Å². The van der Waals surface area contributed by atoms with Gasteiger partial charge in [0.25, 0.3) is 0 Å². The maximum Gasteiger partial charge on any atom is 0.141 e. The Labute approximate surface area is 152 Å². The van der Waals surface area contributed by atoms with Crippen LogP contribution >= 0.6 is 0 Å². The van der Waals surface area contributed by atoms with Gasteiger partial charge in [0.15, 0.2) is 0 Å². The molecule has 0 saturated heterocycles. The van der Waals surface area contributed by atoms with Gasteiger partial charge in [-0.05, 0) is 34.9 Å². The summed E-state index contributed by atoms with van der Waals surface area (Å²) in [6.45, 7) is 0. The van der Waals surface area contributed by atoms with Crippen molar-refractivity contribution < 1.29 is 0 Å². The average Bonchev–Trinajstić information content (AvgIpc) is 2.74. The molecule has 0 spiro atoms. The molecule has 0 aliphatic rings. The molecular weight excluding hydrogens is 318 g/mol. The Morgan fingerprint density at radius 2 is 1.31 bits per heavy atom. The van der Waals surface area contributed by atoms with Crippen molar-refractivity contribution in [1.82, 2.24) is 9.97 Å². The quantitative estimate of drug-likeness (QED) is 0.508. The van der Waals surface area contributed by atoms with E-state index < -0.39 is 0 Å². The minimum absolute atomic E-state index is 0.387. The summed E-state index contributed by atoms with van der Waals surface area (Å²) in [6.07, 6.45) is 1.88. The summed E-state index contributed by atoms with van der Waals surface area (Å²) in [5.74, 6) is 0. The number of nitriles is 1. The minimum atomic E-state index is 0.387. The van der Waals surface area contributed by atoms with Gasteiger partial charge in [0, 0.05) is 11.8 Å². The first kappa shape index (κ1) is 15.7. The van der Waals surface area contributed by atoms with Crippen LogP contribution in [-0.2, 0) is 0 Å². The SMILES string of the molecule is N#Cc1cccc(-c2cc(-c3ccccc3)c(-c3ccccc3)cn2)n1. The van der Waals surface area contributed by atoms with E-state index in [1.807, 2.05) is 60.8 Å². The molecule has 4 aromatic rings. The van der Waals surface area contributed by atoms with Crippen LogP contribution in [0.5, 0.6) is 0 Å². The van der Waals surface area contributed by atoms with E-state index in [-0.39, 0.29) is 0 Å². The maximum atomic E-state index is 9.10. The second-order valence-electron chi connectivity index (χ2n) is 5.87. The van der Waals surface area contributed by atoms with Crippen LogP contribution < -0.4 is 0 Å². The van der Waals surface area contributed by atoms with Crippen LogP contribution in [0.4, 0.5) is 0 Å². The number of nitrogens with zero attached hydrogens (tertiary/aromatic N) is 3. The molecule has 0 amide bonds. The highest BCUT2D eigenvalue weighted by molar-refractivity contribution is 5.85. The second kappa shape index (κ2) is 7.00. The summed E-state index contributed by atoms with van der Waals surface area (Å²) in [7, 11) is 0. The summed E-state index contributed by atoms with van der Waals surface area (Å²) in [4.78, 5) is 8.99. The van der Waals surface area contributed by atoms with Gasteiger partial charge in [0.05, 0.1) is 11.4 Å². The third kappa shape index (κ3) is 3.09. The fraction of sp³-hybridized carbons (Fsp3) is 0. The Kier molecular flexibility index (Phi) is 4.24. The van der Waals surface area contributed by atoms with E-state index in [0.29, 0.717) is 11.4 Å². The highest BCUT2D eigenvalue weighted by Gasteiger charge is 2.11. The molecule has 0 saturated carbocycles. The number of hydrogen-bond acceptors (Lipinski definition) is 3. The van der Waals surface area contributed by atoms with Crippen molar-refractivity contribution in [3.05, 3.63) is 96.8 Å². The molecule has 0 aliphatic heterocycles. The van der Waals surface area contributed by atoms with E-state index in [1.54, 1.807) is 6.07 Å². The van der Waals surface area contributed by atoms with Crippen molar-refractivity contribution in [3.63, 3.8) is 0 Å². The lowest BCUT2D eigenvalue weighted by Crippen LogP contribution is -1.93. The van der Waals surface area contributed by atoms with E-state index in [1.165, 1.54) is 0 Å². The monoisotopic (exact) mass is 333 g/mol. The van der Waals surface area contributed by atoms with Crippen molar-refractivity contribution in [1.29, 1.82) is 5.26 Å². The van der Waals surface area contributed by atoms with Crippen molar-refractivity contribution in [2.75, 3.05) is 0 Å². The molecule has 2 aromatic carbocycles. The zero-order chi connectivity index (χ0) is 17.8. The standard InChI is InChI=1S/C23H15N3/c24-15-19-12-7-13-22(26-19)23-14-20(17-8-3-1-4-9-17)21(16-25-23)18-10-5-2-6-11-18/h1-14,16H. The van der Waals surface area contributed by atoms with Crippen LogP contribution in [-0.4, -0.2) is 9.97 Å². The van der Waals surface area contributed by atoms with E-state index in [2.05, 4.69) is 40.3 Å². The van der Waals surface area contributed by atoms with Gasteiger partial charge >= 0.3 is 0 Å². The first-order valence-electron chi connectivity index (χ1n) is 8.33. The molecule has 0 atom stereocenters. The van der Waals surface area contributed by atoms with E-state index in [4.69, 9.17) is 5.26 Å². The van der Waals surface area contributed by atoms with Crippen molar-refractivity contribution in [2.24, 2.45) is 0 Å². The normalized spacial score (nSPS) is 10.3. The van der Waals surface area contributed by atoms with Gasteiger partial charge in [0.1, 0.15) is 11.8 Å². The van der Waals surface area contributed by atoms with Crippen LogP contribution in [0.25, 0.3) is 33.6 Å². The van der Waals surface area contributed by atoms with E-state index >= 15 is 0 Å². The number of aromatic nitrogens is 2. The predicted molar refractivity (Wildman–Crippen MR) is 103 cm³/mol. The third-order valence-electron chi connectivity index (χ3n) is 4.20. The molecule has 122 valence electrons. The van der Waals surface area contributed by atoms with Gasteiger partial charge in [0.2, 0.25) is 0 Å². The number of pyridine rings is 2. The smallest absolute Gasteiger partial charge is 0.141 e. The summed E-state index contributed by atoms with van der Waals surface area (Å²) in [6, 6.07) is 30.0. The predicted octanol–water partition coefficient (Wildman–Crippen LogP) is 5.35. The molecule has 0 N–H and O–H groups in total. The minimum Gasteiger partial charge on any atom is -0.254 e. The highest BCUT2D eigenvalue weighted by atomic mass is 14.8. The summed E-state index contributed by atoms with van der Waals surface area (Å²) < 4.78 is 0. The van der Waals surface area contributed by atoms with Crippen molar-refractivity contribution in [3.8, 4) is 39.7 Å². The number of hydrogen-bond donors (Lipinski definition) is 0. The molecule has 26 heavy (non-hydrogen) atoms. The second-order valence-corrected chi connectivity index (χ2v) is 5.87. The Morgan fingerprint density at radius 1 is 0.654 bits per heavy atom. The summed E-state index contributed by atoms with van der Waals surface area (Å²) >= 11 is 0. The Hall–Kier alpha value is -3.77. The lowest BCUT2D eigenvalue weighted by molar-refractivity contribution is 1.22. The average molecular weight is 333 g/mol. The highest BCUT2D eigenvalue weighted by Crippen LogP contribution is 2.33. The first-order valence-corrected chi connectivity index (χ1v) is 8.33. The van der Waals surface area contributed by atoms with Crippen LogP contribution in [0.15, 0.2) is 91.1 Å². The lowest BCUT2D eigenvalue weighted by atomic mass is 9.95. The maximum absolute atomic E-state index is 9.10. The van der Waals surface area contributed by atoms with E-state index in [9.17, 15) is 0 Å². The topological polar surface area (TPSA) is 49.6 Å². The van der Waals surface area contributed by atoms with Crippen LogP contribution in [0.3, 0.4) is 0 Å². The molecule has 0 fully saturated rings. The largest absolute Gasteiger partial charge is 0.254 e. The fourth-order valence-corrected chi connectivity index (χ4v) is 2.94. The molecule has 0 aliphatic carbocycles.